The van der Waals surface area contributed by atoms with Gasteiger partial charge in [-0.2, -0.15) is 0 Å². The molecule has 1 aromatic carbocycles. The van der Waals surface area contributed by atoms with Crippen LogP contribution in [-0.2, 0) is 11.2 Å². The molecule has 1 aromatic rings. The summed E-state index contributed by atoms with van der Waals surface area (Å²) in [4.78, 5) is 12.4. The van der Waals surface area contributed by atoms with Crippen LogP contribution < -0.4 is 10.6 Å². The molecule has 20 heavy (non-hydrogen) atoms. The highest BCUT2D eigenvalue weighted by Gasteiger charge is 2.45. The maximum atomic E-state index is 12.4. The van der Waals surface area contributed by atoms with Gasteiger partial charge in [0.1, 0.15) is 0 Å². The van der Waals surface area contributed by atoms with Crippen molar-refractivity contribution in [3.8, 4) is 0 Å². The second kappa shape index (κ2) is 5.12. The van der Waals surface area contributed by atoms with E-state index in [1.807, 2.05) is 12.1 Å². The third-order valence-corrected chi connectivity index (χ3v) is 5.13. The van der Waals surface area contributed by atoms with Gasteiger partial charge in [0.05, 0.1) is 5.92 Å². The number of para-hydroxylation sites is 1. The highest BCUT2D eigenvalue weighted by atomic mass is 16.1. The van der Waals surface area contributed by atoms with Gasteiger partial charge in [0, 0.05) is 18.8 Å². The van der Waals surface area contributed by atoms with Crippen LogP contribution in [0, 0.1) is 17.3 Å². The normalized spacial score (nSPS) is 22.9. The van der Waals surface area contributed by atoms with E-state index in [-0.39, 0.29) is 11.8 Å². The van der Waals surface area contributed by atoms with E-state index >= 15 is 0 Å². The van der Waals surface area contributed by atoms with Crippen LogP contribution in [0.2, 0.25) is 0 Å². The minimum absolute atomic E-state index is 0.0628. The van der Waals surface area contributed by atoms with Crippen LogP contribution in [0.25, 0.3) is 0 Å². The zero-order chi connectivity index (χ0) is 14.2. The van der Waals surface area contributed by atoms with E-state index in [1.54, 1.807) is 0 Å². The molecule has 2 aliphatic rings. The molecule has 2 N–H and O–H groups in total. The maximum absolute atomic E-state index is 12.4. The zero-order valence-corrected chi connectivity index (χ0v) is 12.4. The number of nitrogens with one attached hydrogen (secondary N) is 2. The van der Waals surface area contributed by atoms with E-state index in [4.69, 9.17) is 0 Å². The maximum Gasteiger partial charge on any atom is 0.225 e. The Bertz CT molecular complexity index is 505. The predicted molar refractivity (Wildman–Crippen MR) is 81.6 cm³/mol. The summed E-state index contributed by atoms with van der Waals surface area (Å²) in [5, 5.41) is 6.56. The van der Waals surface area contributed by atoms with Crippen LogP contribution in [0.3, 0.4) is 0 Å². The van der Waals surface area contributed by atoms with Crippen molar-refractivity contribution >= 4 is 11.6 Å². The Kier molecular flexibility index (Phi) is 3.45. The quantitative estimate of drug-likeness (QED) is 0.885. The number of amides is 1. The number of rotatable bonds is 4. The molecular formula is C17H24N2O. The van der Waals surface area contributed by atoms with Crippen LogP contribution in [0.15, 0.2) is 24.3 Å². The van der Waals surface area contributed by atoms with Crippen molar-refractivity contribution in [3.63, 3.8) is 0 Å². The fourth-order valence-electron chi connectivity index (χ4n) is 3.15. The van der Waals surface area contributed by atoms with E-state index in [0.29, 0.717) is 11.3 Å². The number of fused-ring (bicyclic) bond motifs is 1. The number of hydrogen-bond acceptors (Lipinski definition) is 2. The van der Waals surface area contributed by atoms with Gasteiger partial charge in [-0.05, 0) is 42.2 Å². The molecule has 1 amide bonds. The third kappa shape index (κ3) is 2.54. The van der Waals surface area contributed by atoms with Crippen molar-refractivity contribution in [2.75, 3.05) is 18.4 Å². The van der Waals surface area contributed by atoms with Crippen LogP contribution in [-0.4, -0.2) is 19.0 Å². The first-order chi connectivity index (χ1) is 9.61. The lowest BCUT2D eigenvalue weighted by atomic mass is 9.91. The number of anilines is 1. The first-order valence-corrected chi connectivity index (χ1v) is 7.70. The Balaban J connectivity index is 1.57. The van der Waals surface area contributed by atoms with Gasteiger partial charge in [0.25, 0.3) is 0 Å². The van der Waals surface area contributed by atoms with E-state index < -0.39 is 0 Å². The molecule has 1 heterocycles. The summed E-state index contributed by atoms with van der Waals surface area (Å²) >= 11 is 0. The van der Waals surface area contributed by atoms with Crippen LogP contribution >= 0.6 is 0 Å². The molecule has 3 rings (SSSR count). The van der Waals surface area contributed by atoms with E-state index in [2.05, 4.69) is 36.6 Å². The summed E-state index contributed by atoms with van der Waals surface area (Å²) in [7, 11) is 0. The lowest BCUT2D eigenvalue weighted by Gasteiger charge is -2.27. The molecule has 1 aliphatic heterocycles. The van der Waals surface area contributed by atoms with Crippen molar-refractivity contribution < 1.29 is 4.79 Å². The number of carbonyl (C=O) groups excluding carboxylic acids is 1. The predicted octanol–water partition coefficient (Wildman–Crippen LogP) is 2.82. The molecule has 3 heteroatoms. The minimum Gasteiger partial charge on any atom is -0.384 e. The van der Waals surface area contributed by atoms with Crippen LogP contribution in [0.4, 0.5) is 5.69 Å². The first-order valence-electron chi connectivity index (χ1n) is 7.70. The summed E-state index contributed by atoms with van der Waals surface area (Å²) in [6.45, 7) is 6.12. The lowest BCUT2D eigenvalue weighted by molar-refractivity contribution is -0.125. The van der Waals surface area contributed by atoms with Crippen molar-refractivity contribution in [2.24, 2.45) is 17.3 Å². The Hall–Kier alpha value is -1.51. The molecule has 0 saturated heterocycles. The van der Waals surface area contributed by atoms with E-state index in [0.717, 1.165) is 19.5 Å². The second-order valence-electron chi connectivity index (χ2n) is 6.67. The van der Waals surface area contributed by atoms with Gasteiger partial charge in [-0.25, -0.2) is 0 Å². The lowest BCUT2D eigenvalue weighted by Crippen LogP contribution is -2.41. The summed E-state index contributed by atoms with van der Waals surface area (Å²) in [5.41, 5.74) is 2.82. The Morgan fingerprint density at radius 1 is 1.40 bits per heavy atom. The molecule has 0 aromatic heterocycles. The molecule has 0 radical (unpaired) electrons. The van der Waals surface area contributed by atoms with Crippen LogP contribution in [0.1, 0.15) is 32.3 Å². The summed E-state index contributed by atoms with van der Waals surface area (Å²) < 4.78 is 0. The van der Waals surface area contributed by atoms with Gasteiger partial charge in [0.2, 0.25) is 5.91 Å². The molecule has 1 atom stereocenters. The van der Waals surface area contributed by atoms with Crippen molar-refractivity contribution in [2.45, 2.75) is 33.1 Å². The standard InChI is InChI=1S/C17H24N2O/c1-12(2)17(7-8-17)11-19-16(20)14-9-13-5-3-4-6-15(13)18-10-14/h3-6,12,14,18H,7-11H2,1-2H3,(H,19,20). The van der Waals surface area contributed by atoms with Crippen LogP contribution in [0.5, 0.6) is 0 Å². The van der Waals surface area contributed by atoms with Crippen molar-refractivity contribution in [1.82, 2.24) is 5.32 Å². The summed E-state index contributed by atoms with van der Waals surface area (Å²) in [6.07, 6.45) is 3.37. The van der Waals surface area contributed by atoms with Gasteiger partial charge in [-0.15, -0.1) is 0 Å². The molecule has 108 valence electrons. The van der Waals surface area contributed by atoms with Gasteiger partial charge in [0.15, 0.2) is 0 Å². The fraction of sp³-hybridized carbons (Fsp3) is 0.588. The molecular weight excluding hydrogens is 248 g/mol. The SMILES string of the molecule is CC(C)C1(CNC(=O)C2CNc3ccccc3C2)CC1. The molecule has 0 spiro atoms. The second-order valence-corrected chi connectivity index (χ2v) is 6.67. The summed E-state index contributed by atoms with van der Waals surface area (Å²) in [6, 6.07) is 8.27. The molecule has 0 bridgehead atoms. The Labute approximate surface area is 121 Å². The molecule has 1 saturated carbocycles. The number of benzene rings is 1. The molecule has 1 aliphatic carbocycles. The highest BCUT2D eigenvalue weighted by Crippen LogP contribution is 2.51. The van der Waals surface area contributed by atoms with Crippen molar-refractivity contribution in [3.05, 3.63) is 29.8 Å². The topological polar surface area (TPSA) is 41.1 Å². The van der Waals surface area contributed by atoms with E-state index in [9.17, 15) is 4.79 Å². The zero-order valence-electron chi connectivity index (χ0n) is 12.4. The summed E-state index contributed by atoms with van der Waals surface area (Å²) in [5.74, 6) is 0.930. The van der Waals surface area contributed by atoms with Crippen molar-refractivity contribution in [1.29, 1.82) is 0 Å². The molecule has 1 fully saturated rings. The van der Waals surface area contributed by atoms with E-state index in [1.165, 1.54) is 24.1 Å². The number of hydrogen-bond donors (Lipinski definition) is 2. The smallest absolute Gasteiger partial charge is 0.225 e. The largest absolute Gasteiger partial charge is 0.384 e. The fourth-order valence-corrected chi connectivity index (χ4v) is 3.15. The van der Waals surface area contributed by atoms with Gasteiger partial charge in [-0.1, -0.05) is 32.0 Å². The third-order valence-electron chi connectivity index (χ3n) is 5.13. The average Bonchev–Trinajstić information content (AvgIpc) is 3.25. The highest BCUT2D eigenvalue weighted by molar-refractivity contribution is 5.80. The average molecular weight is 272 g/mol. The van der Waals surface area contributed by atoms with Gasteiger partial charge >= 0.3 is 0 Å². The van der Waals surface area contributed by atoms with Gasteiger partial charge < -0.3 is 10.6 Å². The minimum atomic E-state index is 0.0628. The Morgan fingerprint density at radius 3 is 2.85 bits per heavy atom. The molecule has 3 nitrogen and oxygen atoms in total. The Morgan fingerprint density at radius 2 is 2.15 bits per heavy atom. The van der Waals surface area contributed by atoms with Gasteiger partial charge in [-0.3, -0.25) is 4.79 Å². The first kappa shape index (κ1) is 13.5. The number of carbonyl (C=O) groups is 1. The molecule has 1 unspecified atom stereocenters. The monoisotopic (exact) mass is 272 g/mol.